The minimum Gasteiger partial charge on any atom is -0.405 e. The highest BCUT2D eigenvalue weighted by Gasteiger charge is 2.32. The SMILES string of the molecule is CCc1ccccc1NC(=O)CN(C)CC(=O)NCc1ccccc1OC(F)(F)F. The zero-order valence-electron chi connectivity index (χ0n) is 16.8. The summed E-state index contributed by atoms with van der Waals surface area (Å²) in [6.07, 6.45) is -4.04. The Morgan fingerprint density at radius 2 is 1.57 bits per heavy atom. The van der Waals surface area contributed by atoms with Gasteiger partial charge in [-0.2, -0.15) is 0 Å². The highest BCUT2D eigenvalue weighted by molar-refractivity contribution is 5.93. The number of carbonyl (C=O) groups excluding carboxylic acids is 2. The maximum Gasteiger partial charge on any atom is 0.573 e. The standard InChI is InChI=1S/C21H24F3N3O3/c1-3-15-8-4-6-10-17(15)26-20(29)14-27(2)13-19(28)25-12-16-9-5-7-11-18(16)30-21(22,23)24/h4-11H,3,12-14H2,1-2H3,(H,25,28)(H,26,29). The molecule has 0 aliphatic rings. The topological polar surface area (TPSA) is 70.7 Å². The average molecular weight is 423 g/mol. The summed E-state index contributed by atoms with van der Waals surface area (Å²) >= 11 is 0. The molecule has 0 radical (unpaired) electrons. The first kappa shape index (κ1) is 23.2. The van der Waals surface area contributed by atoms with Crippen molar-refractivity contribution < 1.29 is 27.5 Å². The van der Waals surface area contributed by atoms with Gasteiger partial charge in [0.05, 0.1) is 13.1 Å². The number of ether oxygens (including phenoxy) is 1. The van der Waals surface area contributed by atoms with E-state index in [0.717, 1.165) is 17.7 Å². The third-order valence-corrected chi connectivity index (χ3v) is 4.17. The fourth-order valence-corrected chi connectivity index (χ4v) is 2.81. The van der Waals surface area contributed by atoms with E-state index in [4.69, 9.17) is 0 Å². The van der Waals surface area contributed by atoms with Crippen molar-refractivity contribution in [1.29, 1.82) is 0 Å². The summed E-state index contributed by atoms with van der Waals surface area (Å²) in [7, 11) is 1.60. The fourth-order valence-electron chi connectivity index (χ4n) is 2.81. The van der Waals surface area contributed by atoms with Crippen LogP contribution in [0.25, 0.3) is 0 Å². The van der Waals surface area contributed by atoms with E-state index in [0.29, 0.717) is 0 Å². The molecule has 0 saturated carbocycles. The van der Waals surface area contributed by atoms with Gasteiger partial charge in [-0.05, 0) is 31.2 Å². The highest BCUT2D eigenvalue weighted by atomic mass is 19.4. The lowest BCUT2D eigenvalue weighted by atomic mass is 10.1. The van der Waals surface area contributed by atoms with E-state index in [1.807, 2.05) is 31.2 Å². The fraction of sp³-hybridized carbons (Fsp3) is 0.333. The van der Waals surface area contributed by atoms with Crippen molar-refractivity contribution in [3.8, 4) is 5.75 Å². The number of para-hydroxylation sites is 2. The molecule has 2 N–H and O–H groups in total. The number of nitrogens with one attached hydrogen (secondary N) is 2. The molecular formula is C21H24F3N3O3. The Morgan fingerprint density at radius 3 is 2.23 bits per heavy atom. The summed E-state index contributed by atoms with van der Waals surface area (Å²) in [4.78, 5) is 25.8. The Labute approximate surface area is 173 Å². The van der Waals surface area contributed by atoms with Gasteiger partial charge in [0.1, 0.15) is 5.75 Å². The van der Waals surface area contributed by atoms with Crippen molar-refractivity contribution in [2.45, 2.75) is 26.3 Å². The van der Waals surface area contributed by atoms with Gasteiger partial charge < -0.3 is 15.4 Å². The summed E-state index contributed by atoms with van der Waals surface area (Å²) in [6.45, 7) is 1.75. The molecule has 0 atom stereocenters. The van der Waals surface area contributed by atoms with Crippen molar-refractivity contribution >= 4 is 17.5 Å². The molecule has 2 aromatic rings. The van der Waals surface area contributed by atoms with Crippen LogP contribution in [0.5, 0.6) is 5.75 Å². The number of nitrogens with zero attached hydrogens (tertiary/aromatic N) is 1. The van der Waals surface area contributed by atoms with Crippen molar-refractivity contribution in [1.82, 2.24) is 10.2 Å². The smallest absolute Gasteiger partial charge is 0.405 e. The third-order valence-electron chi connectivity index (χ3n) is 4.17. The molecule has 0 aliphatic carbocycles. The van der Waals surface area contributed by atoms with Crippen molar-refractivity contribution in [3.05, 3.63) is 59.7 Å². The van der Waals surface area contributed by atoms with Crippen LogP contribution >= 0.6 is 0 Å². The summed E-state index contributed by atoms with van der Waals surface area (Å²) in [6, 6.07) is 13.0. The maximum atomic E-state index is 12.5. The molecule has 0 unspecified atom stereocenters. The molecule has 2 rings (SSSR count). The van der Waals surface area contributed by atoms with Crippen LogP contribution in [0, 0.1) is 0 Å². The number of alkyl halides is 3. The minimum absolute atomic E-state index is 0.0146. The largest absolute Gasteiger partial charge is 0.573 e. The molecule has 2 amide bonds. The molecule has 0 aliphatic heterocycles. The van der Waals surface area contributed by atoms with Gasteiger partial charge in [-0.1, -0.05) is 43.3 Å². The number of amides is 2. The van der Waals surface area contributed by atoms with Gasteiger partial charge in [-0.3, -0.25) is 14.5 Å². The van der Waals surface area contributed by atoms with E-state index in [1.54, 1.807) is 13.1 Å². The van der Waals surface area contributed by atoms with Crippen LogP contribution in [0.15, 0.2) is 48.5 Å². The second-order valence-electron chi connectivity index (χ2n) is 6.66. The summed E-state index contributed by atoms with van der Waals surface area (Å²) < 4.78 is 41.4. The number of rotatable bonds is 9. The summed E-state index contributed by atoms with van der Waals surface area (Å²) in [5.74, 6) is -1.07. The predicted octanol–water partition coefficient (Wildman–Crippen LogP) is 3.33. The van der Waals surface area contributed by atoms with Gasteiger partial charge >= 0.3 is 6.36 Å². The second-order valence-corrected chi connectivity index (χ2v) is 6.66. The monoisotopic (exact) mass is 423 g/mol. The van der Waals surface area contributed by atoms with Gasteiger partial charge in [0.25, 0.3) is 0 Å². The molecule has 30 heavy (non-hydrogen) atoms. The van der Waals surface area contributed by atoms with Crippen LogP contribution in [-0.4, -0.2) is 43.2 Å². The maximum absolute atomic E-state index is 12.5. The molecule has 0 spiro atoms. The predicted molar refractivity (Wildman–Crippen MR) is 107 cm³/mol. The number of hydrogen-bond donors (Lipinski definition) is 2. The lowest BCUT2D eigenvalue weighted by molar-refractivity contribution is -0.274. The molecule has 2 aromatic carbocycles. The molecular weight excluding hydrogens is 399 g/mol. The van der Waals surface area contributed by atoms with Gasteiger partial charge in [0.2, 0.25) is 11.8 Å². The number of benzene rings is 2. The molecule has 0 saturated heterocycles. The molecule has 0 bridgehead atoms. The molecule has 9 heteroatoms. The highest BCUT2D eigenvalue weighted by Crippen LogP contribution is 2.26. The van der Waals surface area contributed by atoms with Crippen LogP contribution in [0.1, 0.15) is 18.1 Å². The lowest BCUT2D eigenvalue weighted by Gasteiger charge is -2.17. The minimum atomic E-state index is -4.82. The van der Waals surface area contributed by atoms with E-state index in [1.165, 1.54) is 23.1 Å². The zero-order chi connectivity index (χ0) is 22.1. The lowest BCUT2D eigenvalue weighted by Crippen LogP contribution is -2.38. The normalized spacial score (nSPS) is 11.3. The first-order valence-corrected chi connectivity index (χ1v) is 9.34. The number of aryl methyl sites for hydroxylation is 1. The number of hydrogen-bond acceptors (Lipinski definition) is 4. The van der Waals surface area contributed by atoms with Crippen molar-refractivity contribution in [2.24, 2.45) is 0 Å². The first-order chi connectivity index (χ1) is 14.2. The van der Waals surface area contributed by atoms with Crippen LogP contribution in [0.4, 0.5) is 18.9 Å². The van der Waals surface area contributed by atoms with E-state index in [-0.39, 0.29) is 36.9 Å². The first-order valence-electron chi connectivity index (χ1n) is 9.34. The number of likely N-dealkylation sites (N-methyl/N-ethyl adjacent to an activating group) is 1. The van der Waals surface area contributed by atoms with Crippen LogP contribution in [-0.2, 0) is 22.6 Å². The summed E-state index contributed by atoms with van der Waals surface area (Å²) in [5, 5.41) is 5.35. The molecule has 0 aromatic heterocycles. The van der Waals surface area contributed by atoms with Gasteiger partial charge in [0.15, 0.2) is 0 Å². The molecule has 6 nitrogen and oxygen atoms in total. The zero-order valence-corrected chi connectivity index (χ0v) is 16.8. The summed E-state index contributed by atoms with van der Waals surface area (Å²) in [5.41, 5.74) is 1.93. The van der Waals surface area contributed by atoms with Crippen LogP contribution in [0.2, 0.25) is 0 Å². The second kappa shape index (κ2) is 10.6. The van der Waals surface area contributed by atoms with Gasteiger partial charge in [0, 0.05) is 17.8 Å². The van der Waals surface area contributed by atoms with E-state index >= 15 is 0 Å². The van der Waals surface area contributed by atoms with Crippen LogP contribution in [0.3, 0.4) is 0 Å². The van der Waals surface area contributed by atoms with E-state index in [2.05, 4.69) is 15.4 Å². The van der Waals surface area contributed by atoms with Crippen molar-refractivity contribution in [2.75, 3.05) is 25.5 Å². The molecule has 0 fully saturated rings. The Kier molecular flexibility index (Phi) is 8.23. The molecule has 162 valence electrons. The van der Waals surface area contributed by atoms with Crippen LogP contribution < -0.4 is 15.4 Å². The quantitative estimate of drug-likeness (QED) is 0.649. The Hall–Kier alpha value is -3.07. The number of carbonyl (C=O) groups is 2. The molecule has 0 heterocycles. The Bertz CT molecular complexity index is 872. The number of halogens is 3. The van der Waals surface area contributed by atoms with Gasteiger partial charge in [-0.15, -0.1) is 13.2 Å². The van der Waals surface area contributed by atoms with E-state index in [9.17, 15) is 22.8 Å². The average Bonchev–Trinajstić information content (AvgIpc) is 2.66. The van der Waals surface area contributed by atoms with Gasteiger partial charge in [-0.25, -0.2) is 0 Å². The van der Waals surface area contributed by atoms with E-state index < -0.39 is 12.3 Å². The van der Waals surface area contributed by atoms with Crippen molar-refractivity contribution in [3.63, 3.8) is 0 Å². The Morgan fingerprint density at radius 1 is 0.967 bits per heavy atom. The third kappa shape index (κ3) is 7.75. The Balaban J connectivity index is 1.83. The number of anilines is 1.